The molecule has 0 spiro atoms. The van der Waals surface area contributed by atoms with Crippen LogP contribution in [0.15, 0.2) is 66.2 Å². The molecule has 0 bridgehead atoms. The van der Waals surface area contributed by atoms with Crippen molar-refractivity contribution in [2.75, 3.05) is 7.11 Å². The van der Waals surface area contributed by atoms with Crippen molar-refractivity contribution in [1.82, 2.24) is 20.5 Å². The summed E-state index contributed by atoms with van der Waals surface area (Å²) in [4.78, 5) is 16.5. The van der Waals surface area contributed by atoms with Crippen molar-refractivity contribution in [3.05, 3.63) is 77.4 Å². The number of thiazole rings is 1. The van der Waals surface area contributed by atoms with Crippen molar-refractivity contribution in [2.24, 2.45) is 0 Å². The summed E-state index contributed by atoms with van der Waals surface area (Å²) in [5.41, 5.74) is 2.81. The summed E-state index contributed by atoms with van der Waals surface area (Å²) in [6.45, 7) is 0.388. The van der Waals surface area contributed by atoms with Gasteiger partial charge >= 0.3 is 0 Å². The summed E-state index contributed by atoms with van der Waals surface area (Å²) in [6, 6.07) is 16.7. The van der Waals surface area contributed by atoms with E-state index >= 15 is 0 Å². The maximum absolute atomic E-state index is 12.5. The van der Waals surface area contributed by atoms with Gasteiger partial charge in [-0.3, -0.25) is 9.89 Å². The molecule has 0 fully saturated rings. The fraction of sp³-hybridized carbons (Fsp3) is 0.0952. The number of nitrogens with zero attached hydrogens (tertiary/aromatic N) is 2. The third-order valence-corrected chi connectivity index (χ3v) is 4.84. The van der Waals surface area contributed by atoms with Gasteiger partial charge in [-0.15, -0.1) is 0 Å². The molecule has 0 saturated carbocycles. The number of para-hydroxylation sites is 1. The minimum Gasteiger partial charge on any atom is -0.496 e. The predicted molar refractivity (Wildman–Crippen MR) is 110 cm³/mol. The van der Waals surface area contributed by atoms with Crippen molar-refractivity contribution < 1.29 is 14.3 Å². The Kier molecular flexibility index (Phi) is 5.53. The van der Waals surface area contributed by atoms with E-state index < -0.39 is 0 Å². The van der Waals surface area contributed by atoms with Crippen LogP contribution in [0.4, 0.5) is 0 Å². The molecule has 7 nitrogen and oxygen atoms in total. The van der Waals surface area contributed by atoms with E-state index in [4.69, 9.17) is 9.47 Å². The minimum atomic E-state index is -0.234. The Morgan fingerprint density at radius 1 is 1.17 bits per heavy atom. The smallest absolute Gasteiger partial charge is 0.278 e. The number of H-pyrrole nitrogens is 1. The molecule has 0 aliphatic heterocycles. The lowest BCUT2D eigenvalue weighted by molar-refractivity contribution is 0.0946. The molecule has 1 amide bonds. The quantitative estimate of drug-likeness (QED) is 0.479. The van der Waals surface area contributed by atoms with Gasteiger partial charge in [0.25, 0.3) is 11.1 Å². The van der Waals surface area contributed by atoms with E-state index in [-0.39, 0.29) is 5.91 Å². The van der Waals surface area contributed by atoms with Gasteiger partial charge in [0.1, 0.15) is 17.2 Å². The number of benzene rings is 2. The van der Waals surface area contributed by atoms with Crippen molar-refractivity contribution in [3.63, 3.8) is 0 Å². The lowest BCUT2D eigenvalue weighted by Gasteiger charge is -2.06. The van der Waals surface area contributed by atoms with Crippen LogP contribution in [0.1, 0.15) is 16.1 Å². The minimum absolute atomic E-state index is 0.234. The number of hydrogen-bond acceptors (Lipinski definition) is 6. The van der Waals surface area contributed by atoms with E-state index in [9.17, 15) is 4.79 Å². The molecule has 0 aliphatic rings. The number of amides is 1. The molecular weight excluding hydrogens is 388 g/mol. The summed E-state index contributed by atoms with van der Waals surface area (Å²) >= 11 is 1.43. The number of methoxy groups -OCH3 is 1. The largest absolute Gasteiger partial charge is 0.496 e. The van der Waals surface area contributed by atoms with Crippen molar-refractivity contribution in [3.8, 4) is 28.0 Å². The molecule has 2 heterocycles. The first-order valence-corrected chi connectivity index (χ1v) is 9.74. The van der Waals surface area contributed by atoms with Gasteiger partial charge in [0.2, 0.25) is 0 Å². The van der Waals surface area contributed by atoms with Crippen LogP contribution < -0.4 is 14.8 Å². The van der Waals surface area contributed by atoms with E-state index in [1.54, 1.807) is 19.4 Å². The van der Waals surface area contributed by atoms with Gasteiger partial charge in [-0.25, -0.2) is 4.98 Å². The normalized spacial score (nSPS) is 10.5. The van der Waals surface area contributed by atoms with Crippen molar-refractivity contribution in [1.29, 1.82) is 0 Å². The van der Waals surface area contributed by atoms with Gasteiger partial charge in [-0.1, -0.05) is 35.6 Å². The van der Waals surface area contributed by atoms with Crippen LogP contribution in [0.2, 0.25) is 0 Å². The van der Waals surface area contributed by atoms with Crippen LogP contribution in [0.25, 0.3) is 11.3 Å². The summed E-state index contributed by atoms with van der Waals surface area (Å²) in [5.74, 6) is 1.16. The zero-order valence-electron chi connectivity index (χ0n) is 15.6. The Morgan fingerprint density at radius 3 is 2.76 bits per heavy atom. The van der Waals surface area contributed by atoms with Crippen molar-refractivity contribution in [2.45, 2.75) is 6.54 Å². The third kappa shape index (κ3) is 4.44. The predicted octanol–water partition coefficient (Wildman–Crippen LogP) is 4.26. The molecule has 2 aromatic carbocycles. The highest BCUT2D eigenvalue weighted by Crippen LogP contribution is 2.28. The maximum atomic E-state index is 12.5. The van der Waals surface area contributed by atoms with Gasteiger partial charge < -0.3 is 14.8 Å². The average Bonchev–Trinajstić information content (AvgIpc) is 3.45. The third-order valence-electron chi connectivity index (χ3n) is 4.20. The molecule has 2 aromatic heterocycles. The van der Waals surface area contributed by atoms with Crippen LogP contribution in [-0.2, 0) is 6.54 Å². The van der Waals surface area contributed by atoms with E-state index in [1.165, 1.54) is 11.3 Å². The zero-order valence-corrected chi connectivity index (χ0v) is 16.4. The Balaban J connectivity index is 1.37. The Bertz CT molecular complexity index is 1090. The highest BCUT2D eigenvalue weighted by atomic mass is 32.1. The topological polar surface area (TPSA) is 89.1 Å². The van der Waals surface area contributed by atoms with Crippen LogP contribution in [0.3, 0.4) is 0 Å². The van der Waals surface area contributed by atoms with Gasteiger partial charge in [0.15, 0.2) is 0 Å². The monoisotopic (exact) mass is 406 g/mol. The number of carbonyl (C=O) groups is 1. The molecule has 0 unspecified atom stereocenters. The SMILES string of the molecule is COc1ccccc1-c1cc(C(=O)NCc2ccc(Oc3nccs3)cc2)[nH]n1. The second-order valence-corrected chi connectivity index (χ2v) is 6.95. The van der Waals surface area contributed by atoms with E-state index in [0.717, 1.165) is 11.1 Å². The number of hydrogen-bond donors (Lipinski definition) is 2. The first-order valence-electron chi connectivity index (χ1n) is 8.86. The molecule has 0 atom stereocenters. The Hall–Kier alpha value is -3.65. The van der Waals surface area contributed by atoms with E-state index in [1.807, 2.05) is 53.9 Å². The van der Waals surface area contributed by atoms with Gasteiger partial charge in [-0.05, 0) is 35.9 Å². The van der Waals surface area contributed by atoms with Crippen LogP contribution in [0.5, 0.6) is 16.7 Å². The van der Waals surface area contributed by atoms with Crippen LogP contribution in [-0.4, -0.2) is 28.2 Å². The standard InChI is InChI=1S/C21H18N4O3S/c1-27-19-5-3-2-4-16(19)17-12-18(25-24-17)20(26)23-13-14-6-8-15(9-7-14)28-21-22-10-11-29-21/h2-12H,13H2,1H3,(H,23,26)(H,24,25). The van der Waals surface area contributed by atoms with Gasteiger partial charge in [0.05, 0.1) is 12.8 Å². The fourth-order valence-electron chi connectivity index (χ4n) is 2.75. The lowest BCUT2D eigenvalue weighted by atomic mass is 10.1. The van der Waals surface area contributed by atoms with Gasteiger partial charge in [0, 0.05) is 23.7 Å². The Morgan fingerprint density at radius 2 is 2.00 bits per heavy atom. The fourth-order valence-corrected chi connectivity index (χ4v) is 3.25. The average molecular weight is 406 g/mol. The molecule has 29 heavy (non-hydrogen) atoms. The van der Waals surface area contributed by atoms with Gasteiger partial charge in [-0.2, -0.15) is 5.10 Å². The first-order chi connectivity index (χ1) is 14.2. The second-order valence-electron chi connectivity index (χ2n) is 6.09. The number of carbonyl (C=O) groups excluding carboxylic acids is 1. The first kappa shape index (κ1) is 18.7. The number of aromatic amines is 1. The number of ether oxygens (including phenoxy) is 2. The highest BCUT2D eigenvalue weighted by molar-refractivity contribution is 7.11. The van der Waals surface area contributed by atoms with Crippen LogP contribution >= 0.6 is 11.3 Å². The maximum Gasteiger partial charge on any atom is 0.278 e. The number of nitrogens with one attached hydrogen (secondary N) is 2. The summed E-state index contributed by atoms with van der Waals surface area (Å²) in [5, 5.41) is 12.3. The summed E-state index contributed by atoms with van der Waals surface area (Å²) in [6.07, 6.45) is 1.69. The summed E-state index contributed by atoms with van der Waals surface area (Å²) < 4.78 is 11.0. The molecule has 4 aromatic rings. The lowest BCUT2D eigenvalue weighted by Crippen LogP contribution is -2.23. The molecule has 146 valence electrons. The Labute approximate surface area is 171 Å². The molecule has 0 radical (unpaired) electrons. The van der Waals surface area contributed by atoms with Crippen LogP contribution in [0, 0.1) is 0 Å². The summed E-state index contributed by atoms with van der Waals surface area (Å²) in [7, 11) is 1.60. The highest BCUT2D eigenvalue weighted by Gasteiger charge is 2.13. The van der Waals surface area contributed by atoms with E-state index in [2.05, 4.69) is 20.5 Å². The molecule has 0 aliphatic carbocycles. The molecule has 4 rings (SSSR count). The molecular formula is C21H18N4O3S. The second kappa shape index (κ2) is 8.57. The van der Waals surface area contributed by atoms with Crippen molar-refractivity contribution >= 4 is 17.2 Å². The number of aromatic nitrogens is 3. The zero-order chi connectivity index (χ0) is 20.1. The molecule has 2 N–H and O–H groups in total. The number of rotatable bonds is 7. The molecule has 8 heteroatoms. The van der Waals surface area contributed by atoms with E-state index in [0.29, 0.717) is 34.6 Å². The molecule has 0 saturated heterocycles.